The van der Waals surface area contributed by atoms with E-state index in [-0.39, 0.29) is 11.6 Å². The monoisotopic (exact) mass is 280 g/mol. The van der Waals surface area contributed by atoms with E-state index in [1.165, 1.54) is 11.2 Å². The van der Waals surface area contributed by atoms with E-state index in [9.17, 15) is 4.39 Å². The average Bonchev–Trinajstić information content (AvgIpc) is 2.71. The van der Waals surface area contributed by atoms with E-state index in [4.69, 9.17) is 0 Å². The molecule has 0 aliphatic carbocycles. The number of nitrogens with zero attached hydrogens (tertiary/aromatic N) is 3. The van der Waals surface area contributed by atoms with Gasteiger partial charge in [-0.3, -0.25) is 0 Å². The van der Waals surface area contributed by atoms with E-state index in [0.29, 0.717) is 18.7 Å². The zero-order chi connectivity index (χ0) is 13.8. The molecule has 0 aromatic carbocycles. The highest BCUT2D eigenvalue weighted by atomic mass is 32.1. The molecule has 0 saturated heterocycles. The van der Waals surface area contributed by atoms with Gasteiger partial charge in [-0.15, -0.1) is 11.3 Å². The van der Waals surface area contributed by atoms with Crippen molar-refractivity contribution in [3.05, 3.63) is 33.4 Å². The average molecular weight is 280 g/mol. The smallest absolute Gasteiger partial charge is 0.186 e. The van der Waals surface area contributed by atoms with Crippen LogP contribution in [0.4, 0.5) is 10.2 Å². The number of halogens is 1. The molecule has 0 bridgehead atoms. The highest BCUT2D eigenvalue weighted by molar-refractivity contribution is 7.11. The Balaban J connectivity index is 1.96. The van der Waals surface area contributed by atoms with Gasteiger partial charge in [0.1, 0.15) is 6.33 Å². The van der Waals surface area contributed by atoms with Crippen LogP contribution in [-0.2, 0) is 12.8 Å². The molecule has 2 aromatic rings. The lowest BCUT2D eigenvalue weighted by Crippen LogP contribution is -2.10. The Labute approximate surface area is 116 Å². The Morgan fingerprint density at radius 3 is 2.74 bits per heavy atom. The van der Waals surface area contributed by atoms with Gasteiger partial charge in [0.2, 0.25) is 0 Å². The minimum atomic E-state index is -0.350. The molecule has 0 radical (unpaired) electrons. The summed E-state index contributed by atoms with van der Waals surface area (Å²) in [4.78, 5) is 13.5. The lowest BCUT2D eigenvalue weighted by molar-refractivity contribution is 0.596. The quantitative estimate of drug-likeness (QED) is 0.915. The van der Waals surface area contributed by atoms with Crippen LogP contribution in [-0.4, -0.2) is 21.5 Å². The Kier molecular flexibility index (Phi) is 4.42. The van der Waals surface area contributed by atoms with E-state index in [0.717, 1.165) is 17.1 Å². The summed E-state index contributed by atoms with van der Waals surface area (Å²) >= 11 is 1.68. The minimum Gasteiger partial charge on any atom is -0.367 e. The van der Waals surface area contributed by atoms with Gasteiger partial charge in [-0.1, -0.05) is 6.92 Å². The molecular weight excluding hydrogens is 263 g/mol. The summed E-state index contributed by atoms with van der Waals surface area (Å²) in [6.07, 6.45) is 2.72. The van der Waals surface area contributed by atoms with E-state index in [1.54, 1.807) is 11.3 Å². The first-order valence-corrected chi connectivity index (χ1v) is 7.09. The summed E-state index contributed by atoms with van der Waals surface area (Å²) in [6.45, 7) is 6.54. The van der Waals surface area contributed by atoms with Gasteiger partial charge in [0.05, 0.1) is 16.4 Å². The number of hydrogen-bond donors (Lipinski definition) is 1. The molecule has 102 valence electrons. The number of hydrogen-bond acceptors (Lipinski definition) is 5. The lowest BCUT2D eigenvalue weighted by atomic mass is 10.3. The summed E-state index contributed by atoms with van der Waals surface area (Å²) in [6, 6.07) is 0. The Hall–Kier alpha value is -1.56. The molecule has 6 heteroatoms. The van der Waals surface area contributed by atoms with Crippen LogP contribution >= 0.6 is 11.3 Å². The molecule has 0 aliphatic heterocycles. The molecule has 2 rings (SSSR count). The molecule has 19 heavy (non-hydrogen) atoms. The molecule has 0 spiro atoms. The van der Waals surface area contributed by atoms with Crippen LogP contribution in [0.2, 0.25) is 0 Å². The highest BCUT2D eigenvalue weighted by Crippen LogP contribution is 2.17. The minimum absolute atomic E-state index is 0.275. The summed E-state index contributed by atoms with van der Waals surface area (Å²) in [5, 5.41) is 4.07. The fraction of sp³-hybridized carbons (Fsp3) is 0.462. The van der Waals surface area contributed by atoms with Crippen molar-refractivity contribution < 1.29 is 4.39 Å². The number of anilines is 1. The Morgan fingerprint density at radius 1 is 1.32 bits per heavy atom. The van der Waals surface area contributed by atoms with E-state index < -0.39 is 0 Å². The first-order chi connectivity index (χ1) is 9.11. The third-order valence-corrected chi connectivity index (χ3v) is 4.03. The summed E-state index contributed by atoms with van der Waals surface area (Å²) < 4.78 is 13.9. The second kappa shape index (κ2) is 6.06. The van der Waals surface area contributed by atoms with Crippen molar-refractivity contribution in [2.45, 2.75) is 33.6 Å². The number of nitrogens with one attached hydrogen (secondary N) is 1. The van der Waals surface area contributed by atoms with Crippen molar-refractivity contribution in [1.82, 2.24) is 15.0 Å². The molecule has 2 heterocycles. The second-order valence-corrected chi connectivity index (χ2v) is 5.55. The van der Waals surface area contributed by atoms with Crippen LogP contribution in [0.5, 0.6) is 0 Å². The number of rotatable bonds is 5. The van der Waals surface area contributed by atoms with Gasteiger partial charge >= 0.3 is 0 Å². The van der Waals surface area contributed by atoms with E-state index in [2.05, 4.69) is 27.2 Å². The SMILES string of the molecule is CCc1ncnc(NCCc2nc(C)c(C)s2)c1F. The fourth-order valence-electron chi connectivity index (χ4n) is 1.71. The van der Waals surface area contributed by atoms with E-state index >= 15 is 0 Å². The molecule has 1 N–H and O–H groups in total. The van der Waals surface area contributed by atoms with Crippen molar-refractivity contribution in [3.63, 3.8) is 0 Å². The molecular formula is C13H17FN4S. The number of thiazole rings is 1. The summed E-state index contributed by atoms with van der Waals surface area (Å²) in [7, 11) is 0. The normalized spacial score (nSPS) is 10.7. The van der Waals surface area contributed by atoms with Crippen molar-refractivity contribution >= 4 is 17.2 Å². The van der Waals surface area contributed by atoms with Gasteiger partial charge in [0, 0.05) is 17.8 Å². The second-order valence-electron chi connectivity index (χ2n) is 4.26. The molecule has 0 fully saturated rings. The Morgan fingerprint density at radius 2 is 2.11 bits per heavy atom. The third kappa shape index (κ3) is 3.26. The molecule has 0 saturated carbocycles. The maximum atomic E-state index is 13.9. The van der Waals surface area contributed by atoms with Crippen LogP contribution in [0.3, 0.4) is 0 Å². The molecule has 4 nitrogen and oxygen atoms in total. The summed E-state index contributed by atoms with van der Waals surface area (Å²) in [5.74, 6) is -0.0756. The predicted octanol–water partition coefficient (Wildman–Crippen LogP) is 2.91. The topological polar surface area (TPSA) is 50.7 Å². The first-order valence-electron chi connectivity index (χ1n) is 6.28. The third-order valence-electron chi connectivity index (χ3n) is 2.90. The number of aromatic nitrogens is 3. The van der Waals surface area contributed by atoms with Crippen LogP contribution in [0, 0.1) is 19.7 Å². The first kappa shape index (κ1) is 13.9. The van der Waals surface area contributed by atoms with Crippen molar-refractivity contribution in [1.29, 1.82) is 0 Å². The molecule has 0 atom stereocenters. The largest absolute Gasteiger partial charge is 0.367 e. The standard InChI is InChI=1S/C13H17FN4S/c1-4-10-12(14)13(17-7-16-10)15-6-5-11-18-8(2)9(3)19-11/h7H,4-6H2,1-3H3,(H,15,16,17). The number of aryl methyl sites for hydroxylation is 3. The maximum Gasteiger partial charge on any atom is 0.186 e. The summed E-state index contributed by atoms with van der Waals surface area (Å²) in [5.41, 5.74) is 1.51. The maximum absolute atomic E-state index is 13.9. The van der Waals surface area contributed by atoms with Gasteiger partial charge in [-0.25, -0.2) is 19.3 Å². The highest BCUT2D eigenvalue weighted by Gasteiger charge is 2.09. The van der Waals surface area contributed by atoms with Gasteiger partial charge in [-0.05, 0) is 20.3 Å². The van der Waals surface area contributed by atoms with Gasteiger partial charge in [0.25, 0.3) is 0 Å². The van der Waals surface area contributed by atoms with Crippen LogP contribution in [0.1, 0.15) is 28.2 Å². The van der Waals surface area contributed by atoms with Crippen molar-refractivity contribution in [3.8, 4) is 0 Å². The van der Waals surface area contributed by atoms with Gasteiger partial charge in [0.15, 0.2) is 11.6 Å². The van der Waals surface area contributed by atoms with Crippen molar-refractivity contribution in [2.75, 3.05) is 11.9 Å². The molecule has 0 aliphatic rings. The molecule has 0 unspecified atom stereocenters. The van der Waals surface area contributed by atoms with Crippen LogP contribution in [0.15, 0.2) is 6.33 Å². The fourth-order valence-corrected chi connectivity index (χ4v) is 2.64. The Bertz CT molecular complexity index is 548. The molecule has 2 aromatic heterocycles. The molecule has 0 amide bonds. The van der Waals surface area contributed by atoms with Crippen molar-refractivity contribution in [2.24, 2.45) is 0 Å². The van der Waals surface area contributed by atoms with Crippen LogP contribution < -0.4 is 5.32 Å². The van der Waals surface area contributed by atoms with Gasteiger partial charge in [-0.2, -0.15) is 0 Å². The predicted molar refractivity (Wildman–Crippen MR) is 75.1 cm³/mol. The zero-order valence-electron chi connectivity index (χ0n) is 11.3. The van der Waals surface area contributed by atoms with E-state index in [1.807, 2.05) is 13.8 Å². The zero-order valence-corrected chi connectivity index (χ0v) is 12.1. The lowest BCUT2D eigenvalue weighted by Gasteiger charge is -2.07. The van der Waals surface area contributed by atoms with Gasteiger partial charge < -0.3 is 5.32 Å². The van der Waals surface area contributed by atoms with Crippen LogP contribution in [0.25, 0.3) is 0 Å².